The van der Waals surface area contributed by atoms with E-state index >= 15 is 0 Å². The van der Waals surface area contributed by atoms with Crippen LogP contribution in [0.3, 0.4) is 0 Å². The minimum Gasteiger partial charge on any atom is -0.305 e. The lowest BCUT2D eigenvalue weighted by Gasteiger charge is -2.33. The van der Waals surface area contributed by atoms with Gasteiger partial charge in [-0.15, -0.1) is 0 Å². The number of anilines is 1. The molecule has 1 aromatic rings. The highest BCUT2D eigenvalue weighted by Crippen LogP contribution is 2.36. The minimum absolute atomic E-state index is 0.423. The van der Waals surface area contributed by atoms with Gasteiger partial charge in [0.05, 0.1) is 5.69 Å². The maximum absolute atomic E-state index is 3.35. The molecule has 0 unspecified atom stereocenters. The molecule has 104 valence electrons. The topological polar surface area (TPSA) is 24.1 Å². The Balaban J connectivity index is 1.87. The van der Waals surface area contributed by atoms with E-state index in [9.17, 15) is 0 Å². The van der Waals surface area contributed by atoms with Gasteiger partial charge in [0.25, 0.3) is 0 Å². The van der Waals surface area contributed by atoms with Gasteiger partial charge in [-0.3, -0.25) is 0 Å². The lowest BCUT2D eigenvalue weighted by Crippen LogP contribution is -2.27. The van der Waals surface area contributed by atoms with Crippen molar-refractivity contribution < 1.29 is 0 Å². The molecule has 2 heteroatoms. The number of allylic oxidation sites excluding steroid dienone is 2. The van der Waals surface area contributed by atoms with Gasteiger partial charge in [-0.05, 0) is 55.2 Å². The molecule has 2 N–H and O–H groups in total. The first-order valence-electron chi connectivity index (χ1n) is 7.23. The fraction of sp³-hybridized carbons (Fsp3) is 0.529. The van der Waals surface area contributed by atoms with Crippen LogP contribution in [-0.4, -0.2) is 0 Å². The van der Waals surface area contributed by atoms with Crippen LogP contribution in [-0.2, 0) is 0 Å². The zero-order chi connectivity index (χ0) is 13.9. The van der Waals surface area contributed by atoms with Crippen LogP contribution < -0.4 is 10.9 Å². The average Bonchev–Trinajstić information content (AvgIpc) is 2.36. The van der Waals surface area contributed by atoms with Crippen LogP contribution in [0, 0.1) is 18.3 Å². The summed E-state index contributed by atoms with van der Waals surface area (Å²) < 4.78 is 0. The molecular weight excluding hydrogens is 232 g/mol. The molecule has 0 fully saturated rings. The van der Waals surface area contributed by atoms with E-state index in [0.29, 0.717) is 5.41 Å². The largest absolute Gasteiger partial charge is 0.305 e. The zero-order valence-corrected chi connectivity index (χ0v) is 12.6. The molecule has 0 bridgehead atoms. The number of aryl methyl sites for hydroxylation is 1. The summed E-state index contributed by atoms with van der Waals surface area (Å²) in [6.07, 6.45) is 5.95. The molecule has 0 heterocycles. The second-order valence-corrected chi connectivity index (χ2v) is 6.69. The molecule has 19 heavy (non-hydrogen) atoms. The lowest BCUT2D eigenvalue weighted by atomic mass is 9.74. The first kappa shape index (κ1) is 14.0. The fourth-order valence-corrected chi connectivity index (χ4v) is 2.61. The van der Waals surface area contributed by atoms with Crippen molar-refractivity contribution in [3.63, 3.8) is 0 Å². The van der Waals surface area contributed by atoms with Crippen LogP contribution in [0.2, 0.25) is 0 Å². The maximum Gasteiger partial charge on any atom is 0.0542 e. The highest BCUT2D eigenvalue weighted by atomic mass is 15.4. The van der Waals surface area contributed by atoms with Gasteiger partial charge in [-0.1, -0.05) is 39.0 Å². The average molecular weight is 258 g/mol. The van der Waals surface area contributed by atoms with Crippen molar-refractivity contribution in [1.82, 2.24) is 5.43 Å². The Morgan fingerprint density at radius 1 is 1.16 bits per heavy atom. The number of rotatable bonds is 3. The summed E-state index contributed by atoms with van der Waals surface area (Å²) in [5, 5.41) is 0. The summed E-state index contributed by atoms with van der Waals surface area (Å²) in [5.74, 6) is 0.803. The summed E-state index contributed by atoms with van der Waals surface area (Å²) in [5.41, 5.74) is 10.8. The first-order valence-corrected chi connectivity index (χ1v) is 7.23. The van der Waals surface area contributed by atoms with E-state index < -0.39 is 0 Å². The van der Waals surface area contributed by atoms with Crippen molar-refractivity contribution >= 4 is 5.69 Å². The molecule has 1 aliphatic carbocycles. The summed E-state index contributed by atoms with van der Waals surface area (Å²) in [4.78, 5) is 0. The van der Waals surface area contributed by atoms with Crippen molar-refractivity contribution in [2.45, 2.75) is 47.0 Å². The van der Waals surface area contributed by atoms with Gasteiger partial charge in [0.15, 0.2) is 0 Å². The SMILES string of the molecule is Cc1cccc(NNC2=CC[C@@H](C(C)(C)C)CC2)c1. The Morgan fingerprint density at radius 2 is 1.95 bits per heavy atom. The van der Waals surface area contributed by atoms with Gasteiger partial charge >= 0.3 is 0 Å². The van der Waals surface area contributed by atoms with Gasteiger partial charge in [0.2, 0.25) is 0 Å². The predicted octanol–water partition coefficient (Wildman–Crippen LogP) is 4.64. The van der Waals surface area contributed by atoms with Gasteiger partial charge in [0, 0.05) is 5.70 Å². The molecule has 0 amide bonds. The summed E-state index contributed by atoms with van der Waals surface area (Å²) in [6, 6.07) is 8.42. The molecular formula is C17H26N2. The smallest absolute Gasteiger partial charge is 0.0542 e. The van der Waals surface area contributed by atoms with E-state index in [-0.39, 0.29) is 0 Å². The van der Waals surface area contributed by atoms with Gasteiger partial charge < -0.3 is 10.9 Å². The van der Waals surface area contributed by atoms with Crippen LogP contribution in [0.25, 0.3) is 0 Å². The molecule has 0 aromatic heterocycles. The highest BCUT2D eigenvalue weighted by molar-refractivity contribution is 5.45. The second kappa shape index (κ2) is 5.68. The van der Waals surface area contributed by atoms with Crippen molar-refractivity contribution in [3.05, 3.63) is 41.6 Å². The van der Waals surface area contributed by atoms with E-state index in [2.05, 4.69) is 68.9 Å². The monoisotopic (exact) mass is 258 g/mol. The van der Waals surface area contributed by atoms with Gasteiger partial charge in [-0.2, -0.15) is 0 Å². The third-order valence-electron chi connectivity index (χ3n) is 4.02. The molecule has 2 nitrogen and oxygen atoms in total. The molecule has 2 rings (SSSR count). The normalized spacial score (nSPS) is 19.8. The molecule has 0 saturated carbocycles. The fourth-order valence-electron chi connectivity index (χ4n) is 2.61. The third kappa shape index (κ3) is 4.02. The minimum atomic E-state index is 0.423. The summed E-state index contributed by atoms with van der Waals surface area (Å²) >= 11 is 0. The van der Waals surface area contributed by atoms with Gasteiger partial charge in [-0.25, -0.2) is 0 Å². The maximum atomic E-state index is 3.35. The Morgan fingerprint density at radius 3 is 2.53 bits per heavy atom. The number of nitrogens with one attached hydrogen (secondary N) is 2. The van der Waals surface area contributed by atoms with Crippen LogP contribution >= 0.6 is 0 Å². The lowest BCUT2D eigenvalue weighted by molar-refractivity contribution is 0.219. The Hall–Kier alpha value is -1.44. The second-order valence-electron chi connectivity index (χ2n) is 6.69. The standard InChI is InChI=1S/C17H26N2/c1-13-6-5-7-16(12-13)19-18-15-10-8-14(9-11-15)17(2,3)4/h5-7,10,12,14,18-19H,8-9,11H2,1-4H3/t14-/m1/s1. The van der Waals surface area contributed by atoms with Crippen molar-refractivity contribution in [1.29, 1.82) is 0 Å². The van der Waals surface area contributed by atoms with Crippen LogP contribution in [0.15, 0.2) is 36.0 Å². The molecule has 0 spiro atoms. The Labute approximate surface area is 117 Å². The Kier molecular flexibility index (Phi) is 4.18. The molecule has 1 atom stereocenters. The van der Waals surface area contributed by atoms with Crippen molar-refractivity contribution in [2.75, 3.05) is 5.43 Å². The van der Waals surface area contributed by atoms with Crippen LogP contribution in [0.1, 0.15) is 45.6 Å². The number of hydrogen-bond donors (Lipinski definition) is 2. The summed E-state index contributed by atoms with van der Waals surface area (Å²) in [7, 11) is 0. The van der Waals surface area contributed by atoms with E-state index in [0.717, 1.165) is 18.0 Å². The summed E-state index contributed by atoms with van der Waals surface area (Å²) in [6.45, 7) is 9.14. The van der Waals surface area contributed by atoms with E-state index in [4.69, 9.17) is 0 Å². The van der Waals surface area contributed by atoms with Crippen LogP contribution in [0.5, 0.6) is 0 Å². The highest BCUT2D eigenvalue weighted by Gasteiger charge is 2.26. The van der Waals surface area contributed by atoms with Crippen LogP contribution in [0.4, 0.5) is 5.69 Å². The third-order valence-corrected chi connectivity index (χ3v) is 4.02. The molecule has 0 saturated heterocycles. The zero-order valence-electron chi connectivity index (χ0n) is 12.6. The van der Waals surface area contributed by atoms with Gasteiger partial charge in [0.1, 0.15) is 0 Å². The Bertz CT molecular complexity index is 455. The molecule has 0 aliphatic heterocycles. The quantitative estimate of drug-likeness (QED) is 0.772. The van der Waals surface area contributed by atoms with E-state index in [1.165, 1.54) is 24.1 Å². The van der Waals surface area contributed by atoms with E-state index in [1.54, 1.807) is 0 Å². The number of hydrogen-bond acceptors (Lipinski definition) is 2. The number of benzene rings is 1. The predicted molar refractivity (Wildman–Crippen MR) is 82.8 cm³/mol. The number of hydrazine groups is 1. The van der Waals surface area contributed by atoms with E-state index in [1.807, 2.05) is 0 Å². The van der Waals surface area contributed by atoms with Crippen molar-refractivity contribution in [3.8, 4) is 0 Å². The first-order chi connectivity index (χ1) is 8.95. The molecule has 0 radical (unpaired) electrons. The molecule has 1 aromatic carbocycles. The molecule has 1 aliphatic rings. The van der Waals surface area contributed by atoms with Crippen molar-refractivity contribution in [2.24, 2.45) is 11.3 Å².